The number of carbonyl (C=O) groups excluding carboxylic acids is 1. The standard InChI is InChI=1S/C27H31NO3/c1-21(27(29)24-12-8-5-9-13-24)28(20-22-10-6-4-7-11-22)19-18-26(31-3)23-14-16-25(30-2)17-15-23/h4-17,21,26H,18-20H2,1-3H3. The maximum absolute atomic E-state index is 13.1. The number of hydrogen-bond acceptors (Lipinski definition) is 4. The number of methoxy groups -OCH3 is 2. The predicted molar refractivity (Wildman–Crippen MR) is 124 cm³/mol. The van der Waals surface area contributed by atoms with Crippen LogP contribution < -0.4 is 4.74 Å². The summed E-state index contributed by atoms with van der Waals surface area (Å²) in [4.78, 5) is 15.4. The molecule has 0 fully saturated rings. The summed E-state index contributed by atoms with van der Waals surface area (Å²) in [6.07, 6.45) is 0.727. The summed E-state index contributed by atoms with van der Waals surface area (Å²) in [5, 5.41) is 0. The molecule has 3 aromatic rings. The molecule has 31 heavy (non-hydrogen) atoms. The fraction of sp³-hybridized carbons (Fsp3) is 0.296. The largest absolute Gasteiger partial charge is 0.497 e. The number of carbonyl (C=O) groups is 1. The van der Waals surface area contributed by atoms with E-state index in [9.17, 15) is 4.79 Å². The molecule has 2 unspecified atom stereocenters. The van der Waals surface area contributed by atoms with Crippen LogP contribution in [0.5, 0.6) is 5.75 Å². The van der Waals surface area contributed by atoms with Gasteiger partial charge in [0.2, 0.25) is 0 Å². The molecule has 0 radical (unpaired) electrons. The second-order valence-corrected chi connectivity index (χ2v) is 7.65. The second kappa shape index (κ2) is 11.4. The van der Waals surface area contributed by atoms with Gasteiger partial charge in [0.05, 0.1) is 19.3 Å². The molecule has 0 saturated carbocycles. The molecule has 0 aliphatic heterocycles. The van der Waals surface area contributed by atoms with Crippen LogP contribution in [0.1, 0.15) is 40.9 Å². The van der Waals surface area contributed by atoms with Gasteiger partial charge in [-0.2, -0.15) is 0 Å². The molecule has 0 aromatic heterocycles. The molecule has 0 spiro atoms. The highest BCUT2D eigenvalue weighted by molar-refractivity contribution is 5.99. The Morgan fingerprint density at radius 2 is 1.48 bits per heavy atom. The fourth-order valence-corrected chi connectivity index (χ4v) is 3.76. The molecule has 0 N–H and O–H groups in total. The summed E-state index contributed by atoms with van der Waals surface area (Å²) in [7, 11) is 3.39. The van der Waals surface area contributed by atoms with Crippen molar-refractivity contribution in [3.05, 3.63) is 102 Å². The van der Waals surface area contributed by atoms with E-state index in [2.05, 4.69) is 17.0 Å². The van der Waals surface area contributed by atoms with Crippen LogP contribution in [0.3, 0.4) is 0 Å². The van der Waals surface area contributed by atoms with Crippen LogP contribution in [0.25, 0.3) is 0 Å². The summed E-state index contributed by atoms with van der Waals surface area (Å²) in [6.45, 7) is 3.44. The average molecular weight is 418 g/mol. The van der Waals surface area contributed by atoms with E-state index in [0.717, 1.165) is 29.8 Å². The minimum atomic E-state index is -0.240. The Kier molecular flexibility index (Phi) is 8.39. The lowest BCUT2D eigenvalue weighted by Crippen LogP contribution is -2.39. The van der Waals surface area contributed by atoms with Crippen molar-refractivity contribution in [1.82, 2.24) is 4.90 Å². The van der Waals surface area contributed by atoms with Crippen molar-refractivity contribution in [1.29, 1.82) is 0 Å². The summed E-state index contributed by atoms with van der Waals surface area (Å²) in [5.74, 6) is 0.960. The van der Waals surface area contributed by atoms with Gasteiger partial charge in [0.1, 0.15) is 5.75 Å². The van der Waals surface area contributed by atoms with Crippen molar-refractivity contribution in [3.8, 4) is 5.75 Å². The molecule has 3 rings (SSSR count). The van der Waals surface area contributed by atoms with Crippen LogP contribution in [0.4, 0.5) is 0 Å². The third-order valence-corrected chi connectivity index (χ3v) is 5.66. The number of ether oxygens (including phenoxy) is 2. The van der Waals surface area contributed by atoms with E-state index < -0.39 is 0 Å². The van der Waals surface area contributed by atoms with Gasteiger partial charge in [-0.25, -0.2) is 0 Å². The van der Waals surface area contributed by atoms with Crippen molar-refractivity contribution in [2.45, 2.75) is 32.0 Å². The van der Waals surface area contributed by atoms with E-state index >= 15 is 0 Å². The Hall–Kier alpha value is -2.95. The predicted octanol–water partition coefficient (Wildman–Crippen LogP) is 5.55. The summed E-state index contributed by atoms with van der Waals surface area (Å²) in [6, 6.07) is 27.5. The molecule has 0 bridgehead atoms. The zero-order valence-corrected chi connectivity index (χ0v) is 18.5. The highest BCUT2D eigenvalue weighted by atomic mass is 16.5. The summed E-state index contributed by atoms with van der Waals surface area (Å²) < 4.78 is 11.0. The minimum Gasteiger partial charge on any atom is -0.497 e. The number of nitrogens with zero attached hydrogens (tertiary/aromatic N) is 1. The zero-order chi connectivity index (χ0) is 22.1. The van der Waals surface area contributed by atoms with Gasteiger partial charge < -0.3 is 9.47 Å². The van der Waals surface area contributed by atoms with E-state index in [-0.39, 0.29) is 17.9 Å². The number of benzene rings is 3. The molecule has 0 amide bonds. The Morgan fingerprint density at radius 1 is 0.871 bits per heavy atom. The highest BCUT2D eigenvalue weighted by Gasteiger charge is 2.24. The van der Waals surface area contributed by atoms with Crippen LogP contribution in [0, 0.1) is 0 Å². The van der Waals surface area contributed by atoms with Crippen molar-refractivity contribution in [2.24, 2.45) is 0 Å². The van der Waals surface area contributed by atoms with Gasteiger partial charge in [-0.15, -0.1) is 0 Å². The Morgan fingerprint density at radius 3 is 2.06 bits per heavy atom. The number of Topliss-reactive ketones (excluding diaryl/α,β-unsaturated/α-hetero) is 1. The first kappa shape index (κ1) is 22.7. The number of rotatable bonds is 11. The molecular weight excluding hydrogens is 386 g/mol. The first-order valence-electron chi connectivity index (χ1n) is 10.7. The molecule has 162 valence electrons. The van der Waals surface area contributed by atoms with Gasteiger partial charge in [-0.1, -0.05) is 72.8 Å². The molecule has 4 nitrogen and oxygen atoms in total. The van der Waals surface area contributed by atoms with Gasteiger partial charge in [0.25, 0.3) is 0 Å². The topological polar surface area (TPSA) is 38.8 Å². The lowest BCUT2D eigenvalue weighted by molar-refractivity contribution is 0.0658. The first-order chi connectivity index (χ1) is 15.1. The maximum atomic E-state index is 13.1. The molecule has 0 aliphatic rings. The Balaban J connectivity index is 1.75. The smallest absolute Gasteiger partial charge is 0.179 e. The third kappa shape index (κ3) is 6.27. The van der Waals surface area contributed by atoms with Crippen LogP contribution in [0.2, 0.25) is 0 Å². The summed E-state index contributed by atoms with van der Waals surface area (Å²) >= 11 is 0. The summed E-state index contributed by atoms with van der Waals surface area (Å²) in [5.41, 5.74) is 3.03. The monoisotopic (exact) mass is 417 g/mol. The zero-order valence-electron chi connectivity index (χ0n) is 18.5. The number of hydrogen-bond donors (Lipinski definition) is 0. The lowest BCUT2D eigenvalue weighted by atomic mass is 10.0. The SMILES string of the molecule is COc1ccc(C(CCN(Cc2ccccc2)C(C)C(=O)c2ccccc2)OC)cc1. The van der Waals surface area contributed by atoms with Crippen LogP contribution in [-0.4, -0.2) is 37.5 Å². The molecule has 4 heteroatoms. The molecule has 0 saturated heterocycles. The first-order valence-corrected chi connectivity index (χ1v) is 10.7. The van der Waals surface area contributed by atoms with Gasteiger partial charge in [0, 0.05) is 25.8 Å². The maximum Gasteiger partial charge on any atom is 0.179 e. The minimum absolute atomic E-state index is 0.0526. The van der Waals surface area contributed by atoms with Gasteiger partial charge in [-0.3, -0.25) is 9.69 Å². The van der Waals surface area contributed by atoms with Crippen molar-refractivity contribution in [2.75, 3.05) is 20.8 Å². The molecule has 3 aromatic carbocycles. The van der Waals surface area contributed by atoms with E-state index in [1.165, 1.54) is 5.56 Å². The van der Waals surface area contributed by atoms with Crippen LogP contribution in [-0.2, 0) is 11.3 Å². The Labute approximate surface area is 185 Å². The van der Waals surface area contributed by atoms with Gasteiger partial charge in [0.15, 0.2) is 5.78 Å². The van der Waals surface area contributed by atoms with E-state index in [1.54, 1.807) is 14.2 Å². The molecular formula is C27H31NO3. The van der Waals surface area contributed by atoms with E-state index in [1.807, 2.05) is 79.7 Å². The Bertz CT molecular complexity index is 926. The third-order valence-electron chi connectivity index (χ3n) is 5.66. The fourth-order valence-electron chi connectivity index (χ4n) is 3.76. The number of ketones is 1. The van der Waals surface area contributed by atoms with Crippen LogP contribution in [0.15, 0.2) is 84.9 Å². The van der Waals surface area contributed by atoms with Crippen molar-refractivity contribution in [3.63, 3.8) is 0 Å². The molecule has 2 atom stereocenters. The highest BCUT2D eigenvalue weighted by Crippen LogP contribution is 2.24. The average Bonchev–Trinajstić information content (AvgIpc) is 2.84. The second-order valence-electron chi connectivity index (χ2n) is 7.65. The van der Waals surface area contributed by atoms with Gasteiger partial charge >= 0.3 is 0 Å². The van der Waals surface area contributed by atoms with Crippen molar-refractivity contribution < 1.29 is 14.3 Å². The quantitative estimate of drug-likeness (QED) is 0.384. The van der Waals surface area contributed by atoms with Crippen molar-refractivity contribution >= 4 is 5.78 Å². The van der Waals surface area contributed by atoms with E-state index in [0.29, 0.717) is 6.54 Å². The molecule has 0 aliphatic carbocycles. The van der Waals surface area contributed by atoms with Gasteiger partial charge in [-0.05, 0) is 36.6 Å². The lowest BCUT2D eigenvalue weighted by Gasteiger charge is -2.30. The van der Waals surface area contributed by atoms with Crippen LogP contribution >= 0.6 is 0 Å². The van der Waals surface area contributed by atoms with E-state index in [4.69, 9.17) is 9.47 Å². The molecule has 0 heterocycles. The normalized spacial score (nSPS) is 13.0.